The van der Waals surface area contributed by atoms with Crippen molar-refractivity contribution in [2.24, 2.45) is 0 Å². The van der Waals surface area contributed by atoms with Gasteiger partial charge < -0.3 is 8.83 Å². The van der Waals surface area contributed by atoms with E-state index in [1.54, 1.807) is 0 Å². The number of hydrogen-bond donors (Lipinski definition) is 0. The Morgan fingerprint density at radius 1 is 0.429 bits per heavy atom. The molecule has 0 saturated heterocycles. The quantitative estimate of drug-likeness (QED) is 0.204. The smallest absolute Gasteiger partial charge is 0.147 e. The Bertz CT molecular complexity index is 2070. The molecule has 0 amide bonds. The third kappa shape index (κ3) is 2.53. The molecule has 2 heterocycles. The fourth-order valence-corrected chi connectivity index (χ4v) is 6.36. The van der Waals surface area contributed by atoms with Crippen molar-refractivity contribution in [1.82, 2.24) is 0 Å². The van der Waals surface area contributed by atoms with Crippen LogP contribution in [0.25, 0.3) is 76.5 Å². The summed E-state index contributed by atoms with van der Waals surface area (Å²) in [5.41, 5.74) is 5.88. The van der Waals surface area contributed by atoms with Crippen LogP contribution in [-0.2, 0) is 0 Å². The van der Waals surface area contributed by atoms with Gasteiger partial charge in [-0.05, 0) is 72.9 Å². The Morgan fingerprint density at radius 2 is 1.03 bits per heavy atom. The first-order valence-corrected chi connectivity index (χ1v) is 12.4. The lowest BCUT2D eigenvalue weighted by Gasteiger charge is -2.15. The molecule has 0 fully saturated rings. The Kier molecular flexibility index (Phi) is 3.83. The third-order valence-corrected chi connectivity index (χ3v) is 7.99. The first-order valence-electron chi connectivity index (χ1n) is 11.6. The van der Waals surface area contributed by atoms with E-state index in [9.17, 15) is 0 Å². The lowest BCUT2D eigenvalue weighted by atomic mass is 9.90. The van der Waals surface area contributed by atoms with Gasteiger partial charge in [0.1, 0.15) is 22.3 Å². The van der Waals surface area contributed by atoms with E-state index in [1.807, 2.05) is 18.2 Å². The monoisotopic (exact) mass is 512 g/mol. The molecule has 0 radical (unpaired) electrons. The van der Waals surface area contributed by atoms with Crippen LogP contribution < -0.4 is 0 Å². The van der Waals surface area contributed by atoms with E-state index in [2.05, 4.69) is 101 Å². The first-order chi connectivity index (χ1) is 17.3. The van der Waals surface area contributed by atoms with Gasteiger partial charge in [0.25, 0.3) is 0 Å². The molecule has 0 N–H and O–H groups in total. The van der Waals surface area contributed by atoms with Gasteiger partial charge in [-0.25, -0.2) is 0 Å². The van der Waals surface area contributed by atoms with Crippen LogP contribution in [-0.4, -0.2) is 0 Å². The predicted octanol–water partition coefficient (Wildman–Crippen LogP) is 10.2. The zero-order valence-electron chi connectivity index (χ0n) is 18.5. The van der Waals surface area contributed by atoms with Crippen LogP contribution in [0.3, 0.4) is 0 Å². The standard InChI is InChI=1S/C32H17BrO2/c33-31-20-10-3-1-8-18(20)28(19-9-2-4-11-21(19)31)23-13-7-15-26-29(23)24-16-17-27-30(32(24)35-26)22-12-5-6-14-25(22)34-27/h1-17H. The molecule has 0 aliphatic carbocycles. The molecule has 164 valence electrons. The summed E-state index contributed by atoms with van der Waals surface area (Å²) in [5, 5.41) is 9.19. The van der Waals surface area contributed by atoms with Crippen molar-refractivity contribution in [3.63, 3.8) is 0 Å². The fourth-order valence-electron chi connectivity index (χ4n) is 5.67. The summed E-state index contributed by atoms with van der Waals surface area (Å²) in [7, 11) is 0. The largest absolute Gasteiger partial charge is 0.456 e. The molecule has 0 spiro atoms. The van der Waals surface area contributed by atoms with Gasteiger partial charge in [0.05, 0.1) is 5.39 Å². The molecule has 0 bridgehead atoms. The zero-order chi connectivity index (χ0) is 23.1. The van der Waals surface area contributed by atoms with Gasteiger partial charge in [-0.1, -0.05) is 78.9 Å². The summed E-state index contributed by atoms with van der Waals surface area (Å²) in [5.74, 6) is 0. The number of hydrogen-bond acceptors (Lipinski definition) is 2. The van der Waals surface area contributed by atoms with Crippen molar-refractivity contribution in [3.8, 4) is 11.1 Å². The number of benzene rings is 6. The van der Waals surface area contributed by atoms with E-state index in [0.717, 1.165) is 48.3 Å². The molecule has 0 unspecified atom stereocenters. The van der Waals surface area contributed by atoms with E-state index in [0.29, 0.717) is 0 Å². The van der Waals surface area contributed by atoms with Crippen molar-refractivity contribution in [2.75, 3.05) is 0 Å². The Labute approximate surface area is 208 Å². The highest BCUT2D eigenvalue weighted by Gasteiger charge is 2.21. The van der Waals surface area contributed by atoms with Crippen LogP contribution in [0.1, 0.15) is 0 Å². The maximum absolute atomic E-state index is 6.57. The molecule has 8 aromatic rings. The topological polar surface area (TPSA) is 26.3 Å². The average molecular weight is 513 g/mol. The van der Waals surface area contributed by atoms with Gasteiger partial charge in [0.2, 0.25) is 0 Å². The van der Waals surface area contributed by atoms with Gasteiger partial charge in [-0.15, -0.1) is 0 Å². The molecule has 8 rings (SSSR count). The van der Waals surface area contributed by atoms with Crippen molar-refractivity contribution in [1.29, 1.82) is 0 Å². The number of rotatable bonds is 1. The van der Waals surface area contributed by atoms with E-state index in [1.165, 1.54) is 32.7 Å². The summed E-state index contributed by atoms with van der Waals surface area (Å²) < 4.78 is 13.8. The van der Waals surface area contributed by atoms with Crippen LogP contribution in [0.15, 0.2) is 116 Å². The molecule has 0 saturated carbocycles. The molecule has 0 aliphatic rings. The van der Waals surface area contributed by atoms with Gasteiger partial charge in [0, 0.05) is 20.6 Å². The van der Waals surface area contributed by atoms with Gasteiger partial charge in [-0.3, -0.25) is 0 Å². The second-order valence-electron chi connectivity index (χ2n) is 8.97. The molecular weight excluding hydrogens is 496 g/mol. The zero-order valence-corrected chi connectivity index (χ0v) is 20.1. The third-order valence-electron chi connectivity index (χ3n) is 7.14. The molecule has 6 aromatic carbocycles. The summed E-state index contributed by atoms with van der Waals surface area (Å²) in [4.78, 5) is 0. The summed E-state index contributed by atoms with van der Waals surface area (Å²) >= 11 is 3.89. The van der Waals surface area contributed by atoms with Gasteiger partial charge in [0.15, 0.2) is 0 Å². The molecular formula is C32H17BrO2. The first kappa shape index (κ1) is 19.2. The SMILES string of the molecule is Brc1c2ccccc2c(-c2cccc3oc4c(ccc5oc6ccccc6c54)c23)c2ccccc12. The number of fused-ring (bicyclic) bond motifs is 9. The summed E-state index contributed by atoms with van der Waals surface area (Å²) in [6.07, 6.45) is 0. The predicted molar refractivity (Wildman–Crippen MR) is 149 cm³/mol. The lowest BCUT2D eigenvalue weighted by molar-refractivity contribution is 0.663. The van der Waals surface area contributed by atoms with Crippen LogP contribution in [0.5, 0.6) is 0 Å². The van der Waals surface area contributed by atoms with E-state index in [4.69, 9.17) is 8.83 Å². The van der Waals surface area contributed by atoms with Gasteiger partial charge in [-0.2, -0.15) is 0 Å². The van der Waals surface area contributed by atoms with Crippen LogP contribution in [0.4, 0.5) is 0 Å². The highest BCUT2D eigenvalue weighted by Crippen LogP contribution is 2.47. The second-order valence-corrected chi connectivity index (χ2v) is 9.77. The minimum Gasteiger partial charge on any atom is -0.456 e. The summed E-state index contributed by atoms with van der Waals surface area (Å²) in [6.45, 7) is 0. The second kappa shape index (κ2) is 6.97. The highest BCUT2D eigenvalue weighted by atomic mass is 79.9. The van der Waals surface area contributed by atoms with Crippen molar-refractivity contribution < 1.29 is 8.83 Å². The number of para-hydroxylation sites is 1. The van der Waals surface area contributed by atoms with Crippen LogP contribution >= 0.6 is 15.9 Å². The lowest BCUT2D eigenvalue weighted by Crippen LogP contribution is -1.88. The molecule has 3 heteroatoms. The Balaban J connectivity index is 1.59. The Morgan fingerprint density at radius 3 is 1.77 bits per heavy atom. The number of halogens is 1. The number of furan rings is 2. The van der Waals surface area contributed by atoms with Crippen LogP contribution in [0.2, 0.25) is 0 Å². The fraction of sp³-hybridized carbons (Fsp3) is 0. The normalized spacial score (nSPS) is 12.1. The molecule has 2 nitrogen and oxygen atoms in total. The molecule has 2 aromatic heterocycles. The van der Waals surface area contributed by atoms with Gasteiger partial charge >= 0.3 is 0 Å². The highest BCUT2D eigenvalue weighted by molar-refractivity contribution is 9.10. The van der Waals surface area contributed by atoms with Crippen molar-refractivity contribution >= 4 is 81.4 Å². The van der Waals surface area contributed by atoms with Crippen molar-refractivity contribution in [3.05, 3.63) is 108 Å². The minimum atomic E-state index is 0.846. The summed E-state index contributed by atoms with van der Waals surface area (Å²) in [6, 6.07) is 36.0. The van der Waals surface area contributed by atoms with E-state index >= 15 is 0 Å². The van der Waals surface area contributed by atoms with Crippen LogP contribution in [0, 0.1) is 0 Å². The Hall–Kier alpha value is -4.08. The van der Waals surface area contributed by atoms with Crippen molar-refractivity contribution in [2.45, 2.75) is 0 Å². The molecule has 35 heavy (non-hydrogen) atoms. The molecule has 0 aliphatic heterocycles. The maximum Gasteiger partial charge on any atom is 0.147 e. The molecule has 0 atom stereocenters. The van der Waals surface area contributed by atoms with E-state index in [-0.39, 0.29) is 0 Å². The average Bonchev–Trinajstić information content (AvgIpc) is 3.47. The van der Waals surface area contributed by atoms with E-state index < -0.39 is 0 Å². The minimum absolute atomic E-state index is 0.846. The maximum atomic E-state index is 6.57.